The van der Waals surface area contributed by atoms with E-state index in [2.05, 4.69) is 5.32 Å². The van der Waals surface area contributed by atoms with Gasteiger partial charge in [-0.15, -0.1) is 0 Å². The number of benzene rings is 2. The minimum Gasteiger partial charge on any atom is -0.495 e. The van der Waals surface area contributed by atoms with Crippen molar-refractivity contribution < 1.29 is 19.1 Å². The topological polar surface area (TPSA) is 79.0 Å². The second-order valence-corrected chi connectivity index (χ2v) is 6.58. The van der Waals surface area contributed by atoms with E-state index in [9.17, 15) is 14.4 Å². The Hall–Kier alpha value is -3.35. The van der Waals surface area contributed by atoms with Gasteiger partial charge in [0.05, 0.1) is 24.0 Å². The van der Waals surface area contributed by atoms with Gasteiger partial charge in [-0.2, -0.15) is 0 Å². The third-order valence-corrected chi connectivity index (χ3v) is 5.26. The molecule has 27 heavy (non-hydrogen) atoms. The zero-order valence-corrected chi connectivity index (χ0v) is 15.1. The average Bonchev–Trinajstić information content (AvgIpc) is 3.05. The minimum atomic E-state index is -1.40. The van der Waals surface area contributed by atoms with E-state index in [1.165, 1.54) is 16.9 Å². The van der Waals surface area contributed by atoms with E-state index in [0.717, 1.165) is 0 Å². The van der Waals surface area contributed by atoms with Crippen molar-refractivity contribution in [1.82, 2.24) is 4.90 Å². The molecule has 0 spiro atoms. The summed E-state index contributed by atoms with van der Waals surface area (Å²) < 4.78 is 5.29. The molecule has 2 aromatic rings. The maximum Gasteiger partial charge on any atom is 0.271 e. The van der Waals surface area contributed by atoms with Crippen molar-refractivity contribution in [1.29, 1.82) is 0 Å². The van der Waals surface area contributed by atoms with E-state index >= 15 is 0 Å². The van der Waals surface area contributed by atoms with E-state index in [1.807, 2.05) is 0 Å². The lowest BCUT2D eigenvalue weighted by atomic mass is 9.96. The third kappa shape index (κ3) is 2.31. The van der Waals surface area contributed by atoms with Crippen molar-refractivity contribution >= 4 is 29.1 Å². The van der Waals surface area contributed by atoms with Crippen LogP contribution in [-0.2, 0) is 9.59 Å². The Kier molecular flexibility index (Phi) is 3.87. The molecular weight excluding hydrogens is 346 g/mol. The van der Waals surface area contributed by atoms with Crippen LogP contribution in [0.2, 0.25) is 0 Å². The lowest BCUT2D eigenvalue weighted by Gasteiger charge is -2.47. The predicted molar refractivity (Wildman–Crippen MR) is 99.6 cm³/mol. The van der Waals surface area contributed by atoms with Crippen molar-refractivity contribution in [2.24, 2.45) is 0 Å². The number of ether oxygens (including phenoxy) is 1. The van der Waals surface area contributed by atoms with Crippen LogP contribution in [0.1, 0.15) is 23.2 Å². The predicted octanol–water partition coefficient (Wildman–Crippen LogP) is 2.24. The number of rotatable bonds is 3. The van der Waals surface area contributed by atoms with E-state index in [4.69, 9.17) is 4.74 Å². The Morgan fingerprint density at radius 3 is 2.59 bits per heavy atom. The smallest absolute Gasteiger partial charge is 0.271 e. The Labute approximate surface area is 156 Å². The van der Waals surface area contributed by atoms with Crippen LogP contribution in [0.25, 0.3) is 0 Å². The number of fused-ring (bicyclic) bond motifs is 3. The van der Waals surface area contributed by atoms with Gasteiger partial charge in [0.25, 0.3) is 11.8 Å². The van der Waals surface area contributed by atoms with E-state index in [-0.39, 0.29) is 24.7 Å². The highest BCUT2D eigenvalue weighted by Gasteiger charge is 2.59. The summed E-state index contributed by atoms with van der Waals surface area (Å²) in [6, 6.07) is 13.9. The number of hydrogen-bond acceptors (Lipinski definition) is 4. The Morgan fingerprint density at radius 1 is 1.11 bits per heavy atom. The van der Waals surface area contributed by atoms with Crippen LogP contribution in [0, 0.1) is 0 Å². The van der Waals surface area contributed by atoms with Crippen LogP contribution in [0.3, 0.4) is 0 Å². The number of nitrogens with zero attached hydrogens (tertiary/aromatic N) is 2. The zero-order valence-electron chi connectivity index (χ0n) is 15.1. The number of methoxy groups -OCH3 is 1. The number of carbonyl (C=O) groups excluding carboxylic acids is 3. The van der Waals surface area contributed by atoms with Crippen LogP contribution < -0.4 is 15.0 Å². The highest BCUT2D eigenvalue weighted by Crippen LogP contribution is 2.44. The minimum absolute atomic E-state index is 0.183. The Balaban J connectivity index is 1.81. The molecule has 1 N–H and O–H groups in total. The first-order chi connectivity index (χ1) is 13.0. The standard InChI is InChI=1S/C20H19N3O4/c1-22-18(25)13-7-3-5-9-15(13)23-17(24)11-12-20(22,23)19(26)21-14-8-4-6-10-16(14)27-2/h3-10H,11-12H2,1-2H3,(H,21,26)/t20-/m1/s1. The molecule has 0 aromatic heterocycles. The summed E-state index contributed by atoms with van der Waals surface area (Å²) in [5.74, 6) is -0.407. The summed E-state index contributed by atoms with van der Waals surface area (Å²) in [5.41, 5.74) is -0.0313. The molecule has 3 amide bonds. The number of amides is 3. The Bertz CT molecular complexity index is 958. The molecule has 7 nitrogen and oxygen atoms in total. The van der Waals surface area contributed by atoms with Crippen LogP contribution in [0.15, 0.2) is 48.5 Å². The molecule has 2 aliphatic heterocycles. The van der Waals surface area contributed by atoms with Crippen LogP contribution >= 0.6 is 0 Å². The molecule has 1 atom stereocenters. The van der Waals surface area contributed by atoms with Gasteiger partial charge >= 0.3 is 0 Å². The number of hydrogen-bond donors (Lipinski definition) is 1. The van der Waals surface area contributed by atoms with Crippen molar-refractivity contribution in [3.8, 4) is 5.75 Å². The summed E-state index contributed by atoms with van der Waals surface area (Å²) in [4.78, 5) is 41.8. The lowest BCUT2D eigenvalue weighted by Crippen LogP contribution is -2.68. The van der Waals surface area contributed by atoms with Crippen molar-refractivity contribution in [3.05, 3.63) is 54.1 Å². The summed E-state index contributed by atoms with van der Waals surface area (Å²) in [5, 5.41) is 2.84. The molecule has 2 heterocycles. The Morgan fingerprint density at radius 2 is 1.81 bits per heavy atom. The molecule has 1 fully saturated rings. The first kappa shape index (κ1) is 17.1. The molecule has 7 heteroatoms. The highest BCUT2D eigenvalue weighted by molar-refractivity contribution is 6.18. The zero-order chi connectivity index (χ0) is 19.2. The fourth-order valence-electron chi connectivity index (χ4n) is 3.90. The van der Waals surface area contributed by atoms with Gasteiger partial charge in [-0.05, 0) is 24.3 Å². The van der Waals surface area contributed by atoms with Crippen molar-refractivity contribution in [2.75, 3.05) is 24.4 Å². The van der Waals surface area contributed by atoms with E-state index in [1.54, 1.807) is 55.6 Å². The first-order valence-corrected chi connectivity index (χ1v) is 8.65. The van der Waals surface area contributed by atoms with Gasteiger partial charge < -0.3 is 15.0 Å². The monoisotopic (exact) mass is 365 g/mol. The van der Waals surface area contributed by atoms with Gasteiger partial charge in [-0.25, -0.2) is 0 Å². The molecule has 4 rings (SSSR count). The maximum atomic E-state index is 13.4. The summed E-state index contributed by atoms with van der Waals surface area (Å²) >= 11 is 0. The summed E-state index contributed by atoms with van der Waals surface area (Å²) in [7, 11) is 3.08. The molecule has 0 saturated carbocycles. The van der Waals surface area contributed by atoms with Crippen LogP contribution in [0.4, 0.5) is 11.4 Å². The summed E-state index contributed by atoms with van der Waals surface area (Å²) in [6.45, 7) is 0. The molecule has 2 aliphatic rings. The second-order valence-electron chi connectivity index (χ2n) is 6.58. The molecule has 2 aromatic carbocycles. The third-order valence-electron chi connectivity index (χ3n) is 5.26. The van der Waals surface area contributed by atoms with Gasteiger partial charge in [0, 0.05) is 19.9 Å². The van der Waals surface area contributed by atoms with Gasteiger partial charge in [0.15, 0.2) is 0 Å². The quantitative estimate of drug-likeness (QED) is 0.905. The number of para-hydroxylation sites is 3. The van der Waals surface area contributed by atoms with Gasteiger partial charge in [0.1, 0.15) is 5.75 Å². The van der Waals surface area contributed by atoms with Gasteiger partial charge in [-0.3, -0.25) is 19.3 Å². The SMILES string of the molecule is COc1ccccc1NC(=O)[C@@]12CCC(=O)N1c1ccccc1C(=O)N2C. The second kappa shape index (κ2) is 6.12. The lowest BCUT2D eigenvalue weighted by molar-refractivity contribution is -0.128. The van der Waals surface area contributed by atoms with E-state index in [0.29, 0.717) is 22.7 Å². The average molecular weight is 365 g/mol. The fraction of sp³-hybridized carbons (Fsp3) is 0.250. The number of carbonyl (C=O) groups is 3. The fourth-order valence-corrected chi connectivity index (χ4v) is 3.90. The number of likely N-dealkylation sites (N-methyl/N-ethyl adjacent to an activating group) is 1. The molecule has 0 radical (unpaired) electrons. The number of nitrogens with one attached hydrogen (secondary N) is 1. The van der Waals surface area contributed by atoms with Crippen LogP contribution in [-0.4, -0.2) is 42.4 Å². The summed E-state index contributed by atoms with van der Waals surface area (Å²) in [6.07, 6.45) is 0.411. The normalized spacial score (nSPS) is 21.0. The van der Waals surface area contributed by atoms with Crippen molar-refractivity contribution in [3.63, 3.8) is 0 Å². The van der Waals surface area contributed by atoms with Gasteiger partial charge in [-0.1, -0.05) is 24.3 Å². The molecular formula is C20H19N3O4. The molecule has 0 aliphatic carbocycles. The van der Waals surface area contributed by atoms with E-state index < -0.39 is 11.6 Å². The molecule has 0 unspecified atom stereocenters. The van der Waals surface area contributed by atoms with Crippen molar-refractivity contribution in [2.45, 2.75) is 18.5 Å². The number of anilines is 2. The van der Waals surface area contributed by atoms with Gasteiger partial charge in [0.2, 0.25) is 11.6 Å². The molecule has 1 saturated heterocycles. The highest BCUT2D eigenvalue weighted by atomic mass is 16.5. The van der Waals surface area contributed by atoms with Crippen LogP contribution in [0.5, 0.6) is 5.75 Å². The first-order valence-electron chi connectivity index (χ1n) is 8.65. The largest absolute Gasteiger partial charge is 0.495 e. The molecule has 0 bridgehead atoms. The maximum absolute atomic E-state index is 13.4. The molecule has 138 valence electrons.